The van der Waals surface area contributed by atoms with Crippen LogP contribution in [0.4, 0.5) is 0 Å². The molecule has 0 aromatic heterocycles. The van der Waals surface area contributed by atoms with Gasteiger partial charge in [0, 0.05) is 5.56 Å². The van der Waals surface area contributed by atoms with Gasteiger partial charge in [0.25, 0.3) is 0 Å². The third kappa shape index (κ3) is 4.32. The van der Waals surface area contributed by atoms with E-state index in [2.05, 4.69) is 10.5 Å². The molecule has 3 N–H and O–H groups in total. The monoisotopic (exact) mass is 312 g/mol. The normalized spacial score (nSPS) is 11.3. The Morgan fingerprint density at radius 3 is 2.57 bits per heavy atom. The van der Waals surface area contributed by atoms with E-state index in [9.17, 15) is 15.0 Å². The van der Waals surface area contributed by atoms with E-state index in [1.54, 1.807) is 6.92 Å². The number of nitrogens with one attached hydrogen (secondary N) is 1. The van der Waals surface area contributed by atoms with Crippen LogP contribution in [0, 0.1) is 13.8 Å². The first-order valence-electron chi connectivity index (χ1n) is 7.28. The van der Waals surface area contributed by atoms with E-state index < -0.39 is 0 Å². The molecule has 2 aromatic carbocycles. The van der Waals surface area contributed by atoms with Gasteiger partial charge in [0.1, 0.15) is 11.5 Å². The Morgan fingerprint density at radius 2 is 1.87 bits per heavy atom. The second kappa shape index (κ2) is 6.96. The van der Waals surface area contributed by atoms with Gasteiger partial charge in [-0.15, -0.1) is 0 Å². The van der Waals surface area contributed by atoms with E-state index in [4.69, 9.17) is 0 Å². The van der Waals surface area contributed by atoms with E-state index in [0.717, 1.165) is 16.7 Å². The van der Waals surface area contributed by atoms with Gasteiger partial charge in [0.2, 0.25) is 5.91 Å². The van der Waals surface area contributed by atoms with Crippen LogP contribution < -0.4 is 5.43 Å². The predicted octanol–water partition coefficient (Wildman–Crippen LogP) is 2.80. The number of aromatic hydroxyl groups is 2. The van der Waals surface area contributed by atoms with Gasteiger partial charge >= 0.3 is 0 Å². The first kappa shape index (κ1) is 16.5. The topological polar surface area (TPSA) is 81.9 Å². The average molecular weight is 312 g/mol. The number of nitrogens with zero attached hydrogens (tertiary/aromatic N) is 1. The molecule has 0 atom stereocenters. The van der Waals surface area contributed by atoms with Gasteiger partial charge in [-0.25, -0.2) is 5.43 Å². The van der Waals surface area contributed by atoms with Crippen LogP contribution in [-0.4, -0.2) is 21.8 Å². The van der Waals surface area contributed by atoms with Gasteiger partial charge < -0.3 is 10.2 Å². The Bertz CT molecular complexity index is 767. The molecule has 0 fully saturated rings. The highest BCUT2D eigenvalue weighted by molar-refractivity contribution is 6.01. The molecule has 0 aliphatic rings. The minimum Gasteiger partial charge on any atom is -0.508 e. The maximum Gasteiger partial charge on any atom is 0.244 e. The number of phenols is 2. The molecule has 0 heterocycles. The maximum atomic E-state index is 12.0. The number of aryl methyl sites for hydroxylation is 2. The molecule has 5 nitrogen and oxygen atoms in total. The molecule has 5 heteroatoms. The van der Waals surface area contributed by atoms with Gasteiger partial charge in [-0.05, 0) is 50.1 Å². The van der Waals surface area contributed by atoms with E-state index in [1.165, 1.54) is 18.2 Å². The highest BCUT2D eigenvalue weighted by Crippen LogP contribution is 2.22. The summed E-state index contributed by atoms with van der Waals surface area (Å²) in [7, 11) is 0. The summed E-state index contributed by atoms with van der Waals surface area (Å²) < 4.78 is 0. The number of hydrogen-bond donors (Lipinski definition) is 3. The molecule has 0 saturated carbocycles. The molecule has 0 aliphatic heterocycles. The SMILES string of the molecule is C/C(=N\NC(=O)Cc1ccc(C)cc1C)c1cc(O)ccc1O. The summed E-state index contributed by atoms with van der Waals surface area (Å²) in [5.74, 6) is -0.224. The lowest BCUT2D eigenvalue weighted by Gasteiger charge is -2.07. The van der Waals surface area contributed by atoms with E-state index in [0.29, 0.717) is 11.3 Å². The molecule has 0 bridgehead atoms. The molecular weight excluding hydrogens is 292 g/mol. The smallest absolute Gasteiger partial charge is 0.244 e. The lowest BCUT2D eigenvalue weighted by molar-refractivity contribution is -0.120. The fraction of sp³-hybridized carbons (Fsp3) is 0.222. The van der Waals surface area contributed by atoms with Crippen LogP contribution >= 0.6 is 0 Å². The Balaban J connectivity index is 2.06. The summed E-state index contributed by atoms with van der Waals surface area (Å²) in [6.07, 6.45) is 0.231. The van der Waals surface area contributed by atoms with Crippen molar-refractivity contribution in [3.8, 4) is 11.5 Å². The van der Waals surface area contributed by atoms with Gasteiger partial charge in [-0.3, -0.25) is 4.79 Å². The lowest BCUT2D eigenvalue weighted by Crippen LogP contribution is -2.21. The number of rotatable bonds is 4. The van der Waals surface area contributed by atoms with Gasteiger partial charge in [-0.2, -0.15) is 5.10 Å². The molecule has 0 unspecified atom stereocenters. The first-order valence-corrected chi connectivity index (χ1v) is 7.28. The Morgan fingerprint density at radius 1 is 1.13 bits per heavy atom. The molecule has 23 heavy (non-hydrogen) atoms. The highest BCUT2D eigenvalue weighted by Gasteiger charge is 2.08. The molecule has 0 spiro atoms. The zero-order valence-corrected chi connectivity index (χ0v) is 13.4. The Labute approximate surface area is 135 Å². The van der Waals surface area contributed by atoms with Crippen LogP contribution in [0.15, 0.2) is 41.5 Å². The van der Waals surface area contributed by atoms with Crippen molar-refractivity contribution in [3.63, 3.8) is 0 Å². The van der Waals surface area contributed by atoms with Crippen molar-refractivity contribution in [1.82, 2.24) is 5.43 Å². The summed E-state index contributed by atoms with van der Waals surface area (Å²) >= 11 is 0. The highest BCUT2D eigenvalue weighted by atomic mass is 16.3. The molecule has 0 radical (unpaired) electrons. The molecule has 1 amide bonds. The van der Waals surface area contributed by atoms with E-state index in [-0.39, 0.29) is 23.8 Å². The molecule has 2 aromatic rings. The number of benzene rings is 2. The molecule has 120 valence electrons. The lowest BCUT2D eigenvalue weighted by atomic mass is 10.0. The van der Waals surface area contributed by atoms with Crippen molar-refractivity contribution in [3.05, 3.63) is 58.7 Å². The van der Waals surface area contributed by atoms with E-state index >= 15 is 0 Å². The van der Waals surface area contributed by atoms with Gasteiger partial charge in [0.15, 0.2) is 0 Å². The predicted molar refractivity (Wildman–Crippen MR) is 89.7 cm³/mol. The average Bonchev–Trinajstić information content (AvgIpc) is 2.50. The summed E-state index contributed by atoms with van der Waals surface area (Å²) in [5, 5.41) is 23.2. The standard InChI is InChI=1S/C18H20N2O3/c1-11-4-5-14(12(2)8-11)9-18(23)20-19-13(3)16-10-15(21)6-7-17(16)22/h4-8,10,21-22H,9H2,1-3H3,(H,20,23)/b19-13+. The molecule has 2 rings (SSSR count). The number of carbonyl (C=O) groups excluding carboxylic acids is 1. The van der Waals surface area contributed by atoms with Crippen LogP contribution in [0.25, 0.3) is 0 Å². The minimum atomic E-state index is -0.240. The van der Waals surface area contributed by atoms with Gasteiger partial charge in [0.05, 0.1) is 12.1 Å². The zero-order valence-electron chi connectivity index (χ0n) is 13.4. The second-order valence-corrected chi connectivity index (χ2v) is 5.54. The van der Waals surface area contributed by atoms with Crippen molar-refractivity contribution in [2.45, 2.75) is 27.2 Å². The second-order valence-electron chi connectivity index (χ2n) is 5.54. The molecule has 0 saturated heterocycles. The van der Waals surface area contributed by atoms with Crippen molar-refractivity contribution >= 4 is 11.6 Å². The third-order valence-electron chi connectivity index (χ3n) is 3.57. The number of carbonyl (C=O) groups is 1. The summed E-state index contributed by atoms with van der Waals surface area (Å²) in [6, 6.07) is 10.1. The fourth-order valence-corrected chi connectivity index (χ4v) is 2.28. The van der Waals surface area contributed by atoms with Crippen molar-refractivity contribution < 1.29 is 15.0 Å². The minimum absolute atomic E-state index is 0.00678. The van der Waals surface area contributed by atoms with Crippen LogP contribution in [0.1, 0.15) is 29.2 Å². The number of hydrazone groups is 1. The maximum absolute atomic E-state index is 12.0. The van der Waals surface area contributed by atoms with Crippen molar-refractivity contribution in [2.24, 2.45) is 5.10 Å². The quantitative estimate of drug-likeness (QED) is 0.461. The summed E-state index contributed by atoms with van der Waals surface area (Å²) in [5.41, 5.74) is 6.42. The largest absolute Gasteiger partial charge is 0.508 e. The number of phenolic OH excluding ortho intramolecular Hbond substituents is 2. The van der Waals surface area contributed by atoms with Crippen LogP contribution in [0.5, 0.6) is 11.5 Å². The Hall–Kier alpha value is -2.82. The fourth-order valence-electron chi connectivity index (χ4n) is 2.28. The van der Waals surface area contributed by atoms with Crippen molar-refractivity contribution in [2.75, 3.05) is 0 Å². The van der Waals surface area contributed by atoms with Gasteiger partial charge in [-0.1, -0.05) is 23.8 Å². The number of amides is 1. The third-order valence-corrected chi connectivity index (χ3v) is 3.57. The van der Waals surface area contributed by atoms with E-state index in [1.807, 2.05) is 32.0 Å². The zero-order chi connectivity index (χ0) is 17.0. The van der Waals surface area contributed by atoms with Crippen LogP contribution in [0.2, 0.25) is 0 Å². The van der Waals surface area contributed by atoms with Crippen LogP contribution in [0.3, 0.4) is 0 Å². The molecular formula is C18H20N2O3. The summed E-state index contributed by atoms with van der Waals surface area (Å²) in [6.45, 7) is 5.62. The molecule has 0 aliphatic carbocycles. The first-order chi connectivity index (χ1) is 10.9. The van der Waals surface area contributed by atoms with Crippen molar-refractivity contribution in [1.29, 1.82) is 0 Å². The Kier molecular flexibility index (Phi) is 5.01. The number of hydrogen-bond acceptors (Lipinski definition) is 4. The summed E-state index contributed by atoms with van der Waals surface area (Å²) in [4.78, 5) is 12.0. The van der Waals surface area contributed by atoms with Crippen LogP contribution in [-0.2, 0) is 11.2 Å².